The van der Waals surface area contributed by atoms with Crippen molar-refractivity contribution in [2.24, 2.45) is 0 Å². The van der Waals surface area contributed by atoms with Gasteiger partial charge in [-0.05, 0) is 74.9 Å². The number of amides is 1. The molecule has 1 aliphatic rings. The van der Waals surface area contributed by atoms with E-state index < -0.39 is 29.5 Å². The molecule has 2 atom stereocenters. The number of nitrogens with zero attached hydrogens (tertiary/aromatic N) is 2. The monoisotopic (exact) mass is 430 g/mol. The average molecular weight is 430 g/mol. The molecule has 1 saturated heterocycles. The van der Waals surface area contributed by atoms with E-state index in [2.05, 4.69) is 6.07 Å². The average Bonchev–Trinajstić information content (AvgIpc) is 2.71. The molecule has 1 amide bonds. The summed E-state index contributed by atoms with van der Waals surface area (Å²) in [4.78, 5) is 14.4. The molecule has 31 heavy (non-hydrogen) atoms. The molecule has 0 unspecified atom stereocenters. The van der Waals surface area contributed by atoms with E-state index in [1.807, 2.05) is 12.1 Å². The molecular formula is C24H25F3N2O2. The Balaban J connectivity index is 1.90. The second-order valence-electron chi connectivity index (χ2n) is 8.76. The summed E-state index contributed by atoms with van der Waals surface area (Å²) in [5, 5.41) is 9.01. The van der Waals surface area contributed by atoms with Crippen molar-refractivity contribution in [1.82, 2.24) is 4.90 Å². The van der Waals surface area contributed by atoms with Crippen molar-refractivity contribution in [2.45, 2.75) is 57.3 Å². The first-order valence-electron chi connectivity index (χ1n) is 10.1. The quantitative estimate of drug-likeness (QED) is 0.551. The van der Waals surface area contributed by atoms with E-state index in [4.69, 9.17) is 10.00 Å². The van der Waals surface area contributed by atoms with Crippen LogP contribution < -0.4 is 0 Å². The minimum Gasteiger partial charge on any atom is -0.444 e. The molecule has 0 saturated carbocycles. The van der Waals surface area contributed by atoms with Crippen LogP contribution in [-0.2, 0) is 10.9 Å². The molecule has 1 fully saturated rings. The van der Waals surface area contributed by atoms with Gasteiger partial charge >= 0.3 is 12.3 Å². The van der Waals surface area contributed by atoms with Crippen LogP contribution in [0.1, 0.15) is 67.8 Å². The third kappa shape index (κ3) is 5.57. The van der Waals surface area contributed by atoms with Crippen molar-refractivity contribution in [3.05, 3.63) is 70.8 Å². The van der Waals surface area contributed by atoms with E-state index >= 15 is 0 Å². The number of ether oxygens (including phenoxy) is 1. The lowest BCUT2D eigenvalue weighted by Gasteiger charge is -2.40. The lowest BCUT2D eigenvalue weighted by atomic mass is 9.82. The number of carbonyl (C=O) groups is 1. The van der Waals surface area contributed by atoms with Gasteiger partial charge in [0.1, 0.15) is 5.60 Å². The Morgan fingerprint density at radius 3 is 2.13 bits per heavy atom. The molecule has 0 bridgehead atoms. The van der Waals surface area contributed by atoms with Crippen LogP contribution in [0.5, 0.6) is 0 Å². The summed E-state index contributed by atoms with van der Waals surface area (Å²) in [5.41, 5.74) is 0.844. The predicted octanol–water partition coefficient (Wildman–Crippen LogP) is 6.43. The number of rotatable bonds is 2. The summed E-state index contributed by atoms with van der Waals surface area (Å²) in [6, 6.07) is 14.0. The van der Waals surface area contributed by atoms with Crippen molar-refractivity contribution >= 4 is 6.09 Å². The fraction of sp³-hybridized carbons (Fsp3) is 0.417. The minimum atomic E-state index is -4.42. The largest absolute Gasteiger partial charge is 0.444 e. The van der Waals surface area contributed by atoms with Crippen LogP contribution in [0.4, 0.5) is 18.0 Å². The Morgan fingerprint density at radius 1 is 1.03 bits per heavy atom. The standard InChI is InChI=1S/C24H25F3N2O2/c1-23(2,3)31-22(30)29-13-12-19(17-6-4-16(15-28)5-7-17)14-21(29)18-8-10-20(11-9-18)24(25,26)27/h4-11,19,21H,12-14H2,1-3H3/t19-,21-/m1/s1. The van der Waals surface area contributed by atoms with E-state index in [1.54, 1.807) is 37.8 Å². The summed E-state index contributed by atoms with van der Waals surface area (Å²) in [7, 11) is 0. The Bertz CT molecular complexity index is 955. The summed E-state index contributed by atoms with van der Waals surface area (Å²) in [6.07, 6.45) is -3.64. The number of hydrogen-bond donors (Lipinski definition) is 0. The lowest BCUT2D eigenvalue weighted by molar-refractivity contribution is -0.137. The Labute approximate surface area is 180 Å². The molecule has 3 rings (SSSR count). The first-order valence-corrected chi connectivity index (χ1v) is 10.1. The molecular weight excluding hydrogens is 405 g/mol. The molecule has 164 valence electrons. The Kier molecular flexibility index (Phi) is 6.30. The van der Waals surface area contributed by atoms with Gasteiger partial charge in [-0.1, -0.05) is 24.3 Å². The van der Waals surface area contributed by atoms with Gasteiger partial charge in [0.05, 0.1) is 23.2 Å². The molecule has 7 heteroatoms. The van der Waals surface area contributed by atoms with E-state index in [-0.39, 0.29) is 5.92 Å². The first kappa shape index (κ1) is 22.7. The molecule has 2 aromatic rings. The maximum Gasteiger partial charge on any atom is 0.416 e. The predicted molar refractivity (Wildman–Crippen MR) is 110 cm³/mol. The van der Waals surface area contributed by atoms with E-state index in [0.29, 0.717) is 30.5 Å². The highest BCUT2D eigenvalue weighted by Gasteiger charge is 2.36. The molecule has 1 aliphatic heterocycles. The number of carbonyl (C=O) groups excluding carboxylic acids is 1. The zero-order valence-electron chi connectivity index (χ0n) is 17.7. The highest BCUT2D eigenvalue weighted by molar-refractivity contribution is 5.69. The van der Waals surface area contributed by atoms with Gasteiger partial charge in [-0.2, -0.15) is 18.4 Å². The summed E-state index contributed by atoms with van der Waals surface area (Å²) in [6.45, 7) is 5.76. The summed E-state index contributed by atoms with van der Waals surface area (Å²) >= 11 is 0. The second-order valence-corrected chi connectivity index (χ2v) is 8.76. The molecule has 0 N–H and O–H groups in total. The fourth-order valence-electron chi connectivity index (χ4n) is 3.85. The molecule has 4 nitrogen and oxygen atoms in total. The van der Waals surface area contributed by atoms with Gasteiger partial charge in [0.15, 0.2) is 0 Å². The first-order chi connectivity index (χ1) is 14.5. The number of alkyl halides is 3. The SMILES string of the molecule is CC(C)(C)OC(=O)N1CC[C@@H](c2ccc(C#N)cc2)C[C@@H]1c1ccc(C(F)(F)F)cc1. The molecule has 0 radical (unpaired) electrons. The van der Waals surface area contributed by atoms with Crippen molar-refractivity contribution in [1.29, 1.82) is 5.26 Å². The molecule has 0 aliphatic carbocycles. The highest BCUT2D eigenvalue weighted by Crippen LogP contribution is 2.41. The minimum absolute atomic E-state index is 0.110. The van der Waals surface area contributed by atoms with Gasteiger partial charge in [-0.25, -0.2) is 4.79 Å². The molecule has 0 aromatic heterocycles. The van der Waals surface area contributed by atoms with Crippen LogP contribution in [-0.4, -0.2) is 23.1 Å². The van der Waals surface area contributed by atoms with Crippen LogP contribution in [0, 0.1) is 11.3 Å². The molecule has 2 aromatic carbocycles. The summed E-state index contributed by atoms with van der Waals surface area (Å²) < 4.78 is 44.5. The smallest absolute Gasteiger partial charge is 0.416 e. The van der Waals surface area contributed by atoms with E-state index in [1.165, 1.54) is 12.1 Å². The maximum absolute atomic E-state index is 13.0. The molecule has 0 spiro atoms. The fourth-order valence-corrected chi connectivity index (χ4v) is 3.85. The Morgan fingerprint density at radius 2 is 1.61 bits per heavy atom. The number of likely N-dealkylation sites (tertiary alicyclic amines) is 1. The van der Waals surface area contributed by atoms with Gasteiger partial charge in [-0.15, -0.1) is 0 Å². The van der Waals surface area contributed by atoms with E-state index in [0.717, 1.165) is 17.7 Å². The highest BCUT2D eigenvalue weighted by atomic mass is 19.4. The number of halogens is 3. The lowest BCUT2D eigenvalue weighted by Crippen LogP contribution is -2.43. The number of benzene rings is 2. The third-order valence-corrected chi connectivity index (χ3v) is 5.36. The van der Waals surface area contributed by atoms with Crippen LogP contribution in [0.2, 0.25) is 0 Å². The van der Waals surface area contributed by atoms with Gasteiger partial charge in [-0.3, -0.25) is 0 Å². The zero-order valence-corrected chi connectivity index (χ0v) is 17.7. The van der Waals surface area contributed by atoms with Crippen LogP contribution in [0.3, 0.4) is 0 Å². The third-order valence-electron chi connectivity index (χ3n) is 5.36. The molecule has 1 heterocycles. The normalized spacial score (nSPS) is 19.6. The zero-order chi connectivity index (χ0) is 22.8. The van der Waals surface area contributed by atoms with E-state index in [9.17, 15) is 18.0 Å². The number of piperidine rings is 1. The van der Waals surface area contributed by atoms with Gasteiger partial charge in [0.25, 0.3) is 0 Å². The maximum atomic E-state index is 13.0. The van der Waals surface area contributed by atoms with Gasteiger partial charge in [0.2, 0.25) is 0 Å². The Hall–Kier alpha value is -3.01. The van der Waals surface area contributed by atoms with Crippen molar-refractivity contribution in [3.8, 4) is 6.07 Å². The van der Waals surface area contributed by atoms with Crippen LogP contribution >= 0.6 is 0 Å². The van der Waals surface area contributed by atoms with Crippen LogP contribution in [0.25, 0.3) is 0 Å². The van der Waals surface area contributed by atoms with Crippen molar-refractivity contribution < 1.29 is 22.7 Å². The number of hydrogen-bond acceptors (Lipinski definition) is 3. The van der Waals surface area contributed by atoms with Crippen molar-refractivity contribution in [3.63, 3.8) is 0 Å². The van der Waals surface area contributed by atoms with Crippen molar-refractivity contribution in [2.75, 3.05) is 6.54 Å². The van der Waals surface area contributed by atoms with Crippen LogP contribution in [0.15, 0.2) is 48.5 Å². The van der Waals surface area contributed by atoms with Gasteiger partial charge in [0, 0.05) is 6.54 Å². The topological polar surface area (TPSA) is 53.3 Å². The van der Waals surface area contributed by atoms with Gasteiger partial charge < -0.3 is 9.64 Å². The summed E-state index contributed by atoms with van der Waals surface area (Å²) in [5.74, 6) is 0.110. The second kappa shape index (κ2) is 8.62. The number of nitriles is 1.